The van der Waals surface area contributed by atoms with E-state index in [1.807, 2.05) is 6.07 Å². The number of piperidine rings is 1. The Morgan fingerprint density at radius 3 is 2.56 bits per heavy atom. The molecule has 16 heavy (non-hydrogen) atoms. The molecular formula is C12H18N4. The summed E-state index contributed by atoms with van der Waals surface area (Å²) < 4.78 is 0. The van der Waals surface area contributed by atoms with Crippen LogP contribution in [0.5, 0.6) is 0 Å². The second-order valence-electron chi connectivity index (χ2n) is 4.83. The first-order chi connectivity index (χ1) is 7.83. The topological polar surface area (TPSA) is 55.0 Å². The van der Waals surface area contributed by atoms with E-state index in [0.717, 1.165) is 24.7 Å². The van der Waals surface area contributed by atoms with Crippen molar-refractivity contribution in [3.05, 3.63) is 11.9 Å². The quantitative estimate of drug-likeness (QED) is 0.824. The summed E-state index contributed by atoms with van der Waals surface area (Å²) in [5.74, 6) is 3.19. The lowest BCUT2D eigenvalue weighted by Gasteiger charge is -2.28. The molecule has 0 spiro atoms. The van der Waals surface area contributed by atoms with Gasteiger partial charge in [0.2, 0.25) is 0 Å². The van der Waals surface area contributed by atoms with Crippen LogP contribution in [-0.4, -0.2) is 23.1 Å². The zero-order valence-electron chi connectivity index (χ0n) is 9.52. The highest BCUT2D eigenvalue weighted by molar-refractivity contribution is 5.47. The van der Waals surface area contributed by atoms with Gasteiger partial charge < -0.3 is 10.6 Å². The highest BCUT2D eigenvalue weighted by atomic mass is 15.2. The molecule has 2 heterocycles. The lowest BCUT2D eigenvalue weighted by atomic mass is 10.1. The average molecular weight is 218 g/mol. The third-order valence-electron chi connectivity index (χ3n) is 3.37. The SMILES string of the molecule is Nc1cc(N2CCCCC2)nc(C2CC2)n1. The zero-order valence-corrected chi connectivity index (χ0v) is 9.52. The van der Waals surface area contributed by atoms with E-state index in [9.17, 15) is 0 Å². The second-order valence-corrected chi connectivity index (χ2v) is 4.83. The average Bonchev–Trinajstić information content (AvgIpc) is 3.13. The van der Waals surface area contributed by atoms with Gasteiger partial charge in [-0.25, -0.2) is 9.97 Å². The van der Waals surface area contributed by atoms with Gasteiger partial charge in [-0.1, -0.05) is 0 Å². The molecule has 0 unspecified atom stereocenters. The Morgan fingerprint density at radius 2 is 1.88 bits per heavy atom. The van der Waals surface area contributed by atoms with Crippen LogP contribution in [0.2, 0.25) is 0 Å². The number of hydrogen-bond acceptors (Lipinski definition) is 4. The summed E-state index contributed by atoms with van der Waals surface area (Å²) in [6.45, 7) is 2.22. The van der Waals surface area contributed by atoms with Gasteiger partial charge in [-0.15, -0.1) is 0 Å². The lowest BCUT2D eigenvalue weighted by molar-refractivity contribution is 0.572. The fraction of sp³-hybridized carbons (Fsp3) is 0.667. The molecule has 86 valence electrons. The number of hydrogen-bond donors (Lipinski definition) is 1. The molecule has 1 saturated carbocycles. The van der Waals surface area contributed by atoms with Crippen molar-refractivity contribution >= 4 is 11.6 Å². The third-order valence-corrected chi connectivity index (χ3v) is 3.37. The second kappa shape index (κ2) is 3.92. The number of rotatable bonds is 2. The fourth-order valence-corrected chi connectivity index (χ4v) is 2.28. The van der Waals surface area contributed by atoms with E-state index in [2.05, 4.69) is 14.9 Å². The van der Waals surface area contributed by atoms with Gasteiger partial charge in [0.05, 0.1) is 0 Å². The molecule has 2 aliphatic rings. The molecule has 1 aromatic heterocycles. The van der Waals surface area contributed by atoms with Crippen LogP contribution < -0.4 is 10.6 Å². The monoisotopic (exact) mass is 218 g/mol. The van der Waals surface area contributed by atoms with Crippen molar-refractivity contribution in [2.45, 2.75) is 38.0 Å². The molecule has 3 rings (SSSR count). The fourth-order valence-electron chi connectivity index (χ4n) is 2.28. The number of anilines is 2. The number of nitrogen functional groups attached to an aromatic ring is 1. The summed E-state index contributed by atoms with van der Waals surface area (Å²) in [6, 6.07) is 1.91. The molecule has 2 N–H and O–H groups in total. The minimum Gasteiger partial charge on any atom is -0.384 e. The van der Waals surface area contributed by atoms with E-state index in [4.69, 9.17) is 5.73 Å². The standard InChI is InChI=1S/C12H18N4/c13-10-8-11(16-6-2-1-3-7-16)15-12(14-10)9-4-5-9/h8-9H,1-7H2,(H2,13,14,15). The van der Waals surface area contributed by atoms with Crippen LogP contribution in [0, 0.1) is 0 Å². The van der Waals surface area contributed by atoms with Gasteiger partial charge in [-0.3, -0.25) is 0 Å². The number of aromatic nitrogens is 2. The Morgan fingerprint density at radius 1 is 1.12 bits per heavy atom. The van der Waals surface area contributed by atoms with E-state index in [0.29, 0.717) is 11.7 Å². The van der Waals surface area contributed by atoms with Crippen LogP contribution >= 0.6 is 0 Å². The van der Waals surface area contributed by atoms with Crippen LogP contribution in [0.15, 0.2) is 6.07 Å². The van der Waals surface area contributed by atoms with Crippen LogP contribution in [0.4, 0.5) is 11.6 Å². The van der Waals surface area contributed by atoms with Gasteiger partial charge in [0, 0.05) is 25.1 Å². The highest BCUT2D eigenvalue weighted by Gasteiger charge is 2.27. The molecule has 0 amide bonds. The predicted molar refractivity (Wildman–Crippen MR) is 64.5 cm³/mol. The summed E-state index contributed by atoms with van der Waals surface area (Å²) in [5, 5.41) is 0. The summed E-state index contributed by atoms with van der Waals surface area (Å²) in [4.78, 5) is 11.3. The molecule has 1 aliphatic heterocycles. The van der Waals surface area contributed by atoms with E-state index < -0.39 is 0 Å². The van der Waals surface area contributed by atoms with Gasteiger partial charge in [0.1, 0.15) is 17.5 Å². The normalized spacial score (nSPS) is 21.1. The van der Waals surface area contributed by atoms with Crippen molar-refractivity contribution in [3.8, 4) is 0 Å². The minimum atomic E-state index is 0.576. The van der Waals surface area contributed by atoms with Gasteiger partial charge in [0.25, 0.3) is 0 Å². The maximum atomic E-state index is 5.85. The summed E-state index contributed by atoms with van der Waals surface area (Å²) in [5.41, 5.74) is 5.85. The van der Waals surface area contributed by atoms with Crippen LogP contribution in [0.1, 0.15) is 43.8 Å². The Balaban J connectivity index is 1.86. The van der Waals surface area contributed by atoms with Crippen LogP contribution in [0.25, 0.3) is 0 Å². The molecule has 1 aliphatic carbocycles. The minimum absolute atomic E-state index is 0.576. The molecule has 1 saturated heterocycles. The van der Waals surface area contributed by atoms with Gasteiger partial charge in [-0.05, 0) is 32.1 Å². The first kappa shape index (κ1) is 9.87. The Labute approximate surface area is 95.9 Å². The maximum absolute atomic E-state index is 5.85. The number of nitrogens with zero attached hydrogens (tertiary/aromatic N) is 3. The molecule has 1 aromatic rings. The third kappa shape index (κ3) is 1.96. The van der Waals surface area contributed by atoms with Crippen molar-refractivity contribution in [2.24, 2.45) is 0 Å². The molecule has 0 bridgehead atoms. The van der Waals surface area contributed by atoms with Crippen molar-refractivity contribution in [2.75, 3.05) is 23.7 Å². The highest BCUT2D eigenvalue weighted by Crippen LogP contribution is 2.39. The summed E-state index contributed by atoms with van der Waals surface area (Å²) in [6.07, 6.45) is 6.32. The van der Waals surface area contributed by atoms with Crippen molar-refractivity contribution < 1.29 is 0 Å². The van der Waals surface area contributed by atoms with E-state index in [-0.39, 0.29) is 0 Å². The van der Waals surface area contributed by atoms with E-state index >= 15 is 0 Å². The first-order valence-electron chi connectivity index (χ1n) is 6.22. The van der Waals surface area contributed by atoms with Gasteiger partial charge >= 0.3 is 0 Å². The first-order valence-corrected chi connectivity index (χ1v) is 6.22. The van der Waals surface area contributed by atoms with Gasteiger partial charge in [-0.2, -0.15) is 0 Å². The summed E-state index contributed by atoms with van der Waals surface area (Å²) in [7, 11) is 0. The molecule has 0 atom stereocenters. The van der Waals surface area contributed by atoms with Crippen LogP contribution in [0.3, 0.4) is 0 Å². The number of nitrogens with two attached hydrogens (primary N) is 1. The van der Waals surface area contributed by atoms with Crippen molar-refractivity contribution in [1.29, 1.82) is 0 Å². The van der Waals surface area contributed by atoms with E-state index in [1.165, 1.54) is 32.1 Å². The Bertz CT molecular complexity index is 381. The van der Waals surface area contributed by atoms with E-state index in [1.54, 1.807) is 0 Å². The largest absolute Gasteiger partial charge is 0.384 e. The van der Waals surface area contributed by atoms with Gasteiger partial charge in [0.15, 0.2) is 0 Å². The van der Waals surface area contributed by atoms with Crippen LogP contribution in [-0.2, 0) is 0 Å². The molecule has 4 heteroatoms. The molecule has 4 nitrogen and oxygen atoms in total. The Kier molecular flexibility index (Phi) is 2.42. The Hall–Kier alpha value is -1.32. The maximum Gasteiger partial charge on any atom is 0.136 e. The smallest absolute Gasteiger partial charge is 0.136 e. The molecule has 2 fully saturated rings. The zero-order chi connectivity index (χ0) is 11.0. The summed E-state index contributed by atoms with van der Waals surface area (Å²) >= 11 is 0. The molecule has 0 aromatic carbocycles. The lowest BCUT2D eigenvalue weighted by Crippen LogP contribution is -2.30. The predicted octanol–water partition coefficient (Wildman–Crippen LogP) is 1.93. The molecule has 0 radical (unpaired) electrons. The van der Waals surface area contributed by atoms with Crippen molar-refractivity contribution in [1.82, 2.24) is 9.97 Å². The van der Waals surface area contributed by atoms with Crippen molar-refractivity contribution in [3.63, 3.8) is 0 Å². The molecular weight excluding hydrogens is 200 g/mol.